The second-order valence-corrected chi connectivity index (χ2v) is 10.8. The van der Waals surface area contributed by atoms with Crippen LogP contribution in [0.5, 0.6) is 0 Å². The molecule has 184 valence electrons. The van der Waals surface area contributed by atoms with Crippen LogP contribution in [-0.4, -0.2) is 64.9 Å². The van der Waals surface area contributed by atoms with Gasteiger partial charge in [-0.3, -0.25) is 9.55 Å². The van der Waals surface area contributed by atoms with Crippen molar-refractivity contribution in [3.05, 3.63) is 28.2 Å². The zero-order chi connectivity index (χ0) is 24.9. The van der Waals surface area contributed by atoms with E-state index in [1.807, 2.05) is 0 Å². The molecule has 0 amide bonds. The number of alkyl halides is 3. The molecular formula is C18H23F3N3O7PS. The standard InChI is InChI=1S/C18H23F3N3O7PS/c1-7(25)32(28,29)31-17(2,3)5-10-12(26)13(27)14(30-10)8-4-9-15(24-16(8)33)23-11(6-22-9)18(19,20)21/h4,6-7,10,12-14,25-27H,5H2,1-3H3,(H,28,29)(H,23,24,33)/t7?,10-,12?,13?,14+/m1/s1. The lowest BCUT2D eigenvalue weighted by Gasteiger charge is -2.31. The highest BCUT2D eigenvalue weighted by Crippen LogP contribution is 2.51. The van der Waals surface area contributed by atoms with E-state index in [0.717, 1.165) is 6.92 Å². The van der Waals surface area contributed by atoms with Gasteiger partial charge in [-0.1, -0.05) is 12.2 Å². The van der Waals surface area contributed by atoms with Gasteiger partial charge in [-0.25, -0.2) is 4.98 Å². The summed E-state index contributed by atoms with van der Waals surface area (Å²) in [6, 6.07) is 1.31. The molecule has 0 saturated carbocycles. The minimum Gasteiger partial charge on any atom is -0.388 e. The molecule has 1 saturated heterocycles. The van der Waals surface area contributed by atoms with E-state index in [9.17, 15) is 37.9 Å². The quantitative estimate of drug-likeness (QED) is 0.287. The predicted octanol–water partition coefficient (Wildman–Crippen LogP) is 2.58. The number of aliphatic hydroxyl groups is 3. The van der Waals surface area contributed by atoms with Crippen LogP contribution in [0.1, 0.15) is 44.6 Å². The van der Waals surface area contributed by atoms with Crippen LogP contribution in [0, 0.1) is 4.64 Å². The van der Waals surface area contributed by atoms with Crippen molar-refractivity contribution in [2.24, 2.45) is 0 Å². The van der Waals surface area contributed by atoms with E-state index >= 15 is 0 Å². The van der Waals surface area contributed by atoms with Gasteiger partial charge in [0.15, 0.2) is 17.2 Å². The number of pyridine rings is 1. The Labute approximate surface area is 191 Å². The van der Waals surface area contributed by atoms with E-state index in [-0.39, 0.29) is 27.8 Å². The molecule has 3 heterocycles. The first-order chi connectivity index (χ1) is 15.0. The molecule has 33 heavy (non-hydrogen) atoms. The SMILES string of the molecule is CC(O)P(=O)(O)OC(C)(C)C[C@H]1O[C@@H](c2cc3ncc(C(F)(F)F)nc3[nH]c2=S)C(O)C1O. The Morgan fingerprint density at radius 3 is 2.55 bits per heavy atom. The van der Waals surface area contributed by atoms with Crippen molar-refractivity contribution in [1.82, 2.24) is 15.0 Å². The van der Waals surface area contributed by atoms with E-state index in [0.29, 0.717) is 6.20 Å². The molecule has 1 aliphatic heterocycles. The Morgan fingerprint density at radius 1 is 1.33 bits per heavy atom. The Bertz CT molecular complexity index is 1140. The number of ether oxygens (including phenoxy) is 1. The van der Waals surface area contributed by atoms with E-state index in [1.54, 1.807) is 0 Å². The summed E-state index contributed by atoms with van der Waals surface area (Å²) >= 11 is 5.19. The lowest BCUT2D eigenvalue weighted by Crippen LogP contribution is -2.37. The van der Waals surface area contributed by atoms with Crippen LogP contribution < -0.4 is 0 Å². The van der Waals surface area contributed by atoms with Crippen LogP contribution in [0.3, 0.4) is 0 Å². The monoisotopic (exact) mass is 513 g/mol. The van der Waals surface area contributed by atoms with Crippen LogP contribution in [-0.2, 0) is 20.0 Å². The number of hydrogen-bond acceptors (Lipinski definition) is 9. The van der Waals surface area contributed by atoms with Gasteiger partial charge in [0.05, 0.1) is 17.9 Å². The third kappa shape index (κ3) is 5.60. The Kier molecular flexibility index (Phi) is 7.06. The molecule has 15 heteroatoms. The van der Waals surface area contributed by atoms with Crippen LogP contribution in [0.15, 0.2) is 12.3 Å². The van der Waals surface area contributed by atoms with Gasteiger partial charge in [0, 0.05) is 12.0 Å². The third-order valence-corrected chi connectivity index (χ3v) is 7.13. The molecule has 3 rings (SSSR count). The second kappa shape index (κ2) is 8.93. The highest BCUT2D eigenvalue weighted by Gasteiger charge is 2.47. The van der Waals surface area contributed by atoms with Crippen LogP contribution in [0.4, 0.5) is 13.2 Å². The maximum Gasteiger partial charge on any atom is 0.434 e. The maximum absolute atomic E-state index is 12.9. The van der Waals surface area contributed by atoms with Gasteiger partial charge in [0.2, 0.25) is 0 Å². The Balaban J connectivity index is 1.86. The molecule has 0 radical (unpaired) electrons. The summed E-state index contributed by atoms with van der Waals surface area (Å²) in [6.45, 7) is 3.99. The predicted molar refractivity (Wildman–Crippen MR) is 111 cm³/mol. The van der Waals surface area contributed by atoms with Gasteiger partial charge in [0.1, 0.15) is 28.5 Å². The van der Waals surface area contributed by atoms with Crippen molar-refractivity contribution >= 4 is 31.0 Å². The molecule has 1 fully saturated rings. The molecule has 2 aromatic rings. The van der Waals surface area contributed by atoms with Crippen molar-refractivity contribution < 1.29 is 47.2 Å². The summed E-state index contributed by atoms with van der Waals surface area (Å²) in [5.41, 5.74) is -2.57. The lowest BCUT2D eigenvalue weighted by atomic mass is 9.95. The van der Waals surface area contributed by atoms with Crippen molar-refractivity contribution in [2.45, 2.75) is 69.2 Å². The number of aromatic nitrogens is 3. The number of halogens is 3. The fourth-order valence-corrected chi connectivity index (χ4v) is 4.67. The molecule has 0 aliphatic carbocycles. The summed E-state index contributed by atoms with van der Waals surface area (Å²) in [4.78, 5) is 19.5. The van der Waals surface area contributed by atoms with E-state index in [1.165, 1.54) is 19.9 Å². The first-order valence-electron chi connectivity index (χ1n) is 9.72. The Morgan fingerprint density at radius 2 is 1.97 bits per heavy atom. The minimum atomic E-state index is -4.70. The normalized spacial score (nSPS) is 27.0. The molecule has 10 nitrogen and oxygen atoms in total. The smallest absolute Gasteiger partial charge is 0.388 e. The molecule has 2 aromatic heterocycles. The fourth-order valence-electron chi connectivity index (χ4n) is 3.46. The number of nitrogens with one attached hydrogen (secondary N) is 1. The first kappa shape index (κ1) is 26.1. The molecule has 0 spiro atoms. The highest BCUT2D eigenvalue weighted by molar-refractivity contribution is 7.71. The summed E-state index contributed by atoms with van der Waals surface area (Å²) in [6.07, 6.45) is -9.42. The molecule has 4 unspecified atom stereocenters. The topological polar surface area (TPSA) is 158 Å². The second-order valence-electron chi connectivity index (χ2n) is 8.37. The van der Waals surface area contributed by atoms with Crippen molar-refractivity contribution in [3.8, 4) is 0 Å². The van der Waals surface area contributed by atoms with E-state index in [2.05, 4.69) is 15.0 Å². The van der Waals surface area contributed by atoms with Gasteiger partial charge < -0.3 is 34.5 Å². The van der Waals surface area contributed by atoms with Gasteiger partial charge in [0.25, 0.3) is 0 Å². The average Bonchev–Trinajstić information content (AvgIpc) is 2.93. The number of nitrogens with zero attached hydrogens (tertiary/aromatic N) is 2. The molecule has 0 bridgehead atoms. The van der Waals surface area contributed by atoms with Crippen molar-refractivity contribution in [2.75, 3.05) is 0 Å². The van der Waals surface area contributed by atoms with Gasteiger partial charge >= 0.3 is 13.8 Å². The number of hydrogen-bond donors (Lipinski definition) is 5. The summed E-state index contributed by atoms with van der Waals surface area (Å²) in [5.74, 6) is -1.64. The first-order valence-corrected chi connectivity index (χ1v) is 11.8. The number of aromatic amines is 1. The van der Waals surface area contributed by atoms with Crippen LogP contribution >= 0.6 is 19.8 Å². The van der Waals surface area contributed by atoms with Gasteiger partial charge in [-0.15, -0.1) is 0 Å². The van der Waals surface area contributed by atoms with Gasteiger partial charge in [-0.05, 0) is 26.8 Å². The number of H-pyrrole nitrogens is 1. The third-order valence-electron chi connectivity index (χ3n) is 5.09. The van der Waals surface area contributed by atoms with Crippen molar-refractivity contribution in [3.63, 3.8) is 0 Å². The number of aliphatic hydroxyl groups excluding tert-OH is 3. The van der Waals surface area contributed by atoms with Crippen LogP contribution in [0.2, 0.25) is 0 Å². The lowest BCUT2D eigenvalue weighted by molar-refractivity contribution is -0.141. The fraction of sp³-hybridized carbons (Fsp3) is 0.611. The highest BCUT2D eigenvalue weighted by atomic mass is 32.1. The molecule has 5 N–H and O–H groups in total. The van der Waals surface area contributed by atoms with Gasteiger partial charge in [-0.2, -0.15) is 13.2 Å². The Hall–Kier alpha value is -1.51. The van der Waals surface area contributed by atoms with Crippen LogP contribution in [0.25, 0.3) is 11.2 Å². The molecule has 6 atom stereocenters. The minimum absolute atomic E-state index is 0.0298. The van der Waals surface area contributed by atoms with Crippen molar-refractivity contribution in [1.29, 1.82) is 0 Å². The van der Waals surface area contributed by atoms with E-state index in [4.69, 9.17) is 21.5 Å². The molecule has 0 aromatic carbocycles. The number of fused-ring (bicyclic) bond motifs is 1. The summed E-state index contributed by atoms with van der Waals surface area (Å²) in [7, 11) is -4.36. The number of rotatable bonds is 6. The zero-order valence-electron chi connectivity index (χ0n) is 17.6. The summed E-state index contributed by atoms with van der Waals surface area (Å²) < 4.78 is 61.5. The average molecular weight is 513 g/mol. The van der Waals surface area contributed by atoms with E-state index < -0.39 is 55.3 Å². The molecular weight excluding hydrogens is 490 g/mol. The summed E-state index contributed by atoms with van der Waals surface area (Å²) in [5, 5.41) is 30.4. The zero-order valence-corrected chi connectivity index (χ0v) is 19.4. The maximum atomic E-state index is 12.9. The molecule has 1 aliphatic rings. The largest absolute Gasteiger partial charge is 0.434 e.